The number of anilines is 1. The molecule has 2 aliphatic rings. The number of fused-ring (bicyclic) bond motifs is 3. The predicted molar refractivity (Wildman–Crippen MR) is 99.1 cm³/mol. The average Bonchev–Trinajstić information content (AvgIpc) is 2.88. The molecule has 6 heteroatoms. The van der Waals surface area contributed by atoms with E-state index in [9.17, 15) is 4.79 Å². The summed E-state index contributed by atoms with van der Waals surface area (Å²) in [6, 6.07) is 7.95. The van der Waals surface area contributed by atoms with Gasteiger partial charge in [-0.05, 0) is 25.0 Å². The Hall–Kier alpha value is -2.27. The molecular weight excluding hydrogens is 340 g/mol. The fraction of sp³-hybridized carbons (Fsp3) is 0.368. The maximum absolute atomic E-state index is 12.3. The molecule has 25 heavy (non-hydrogen) atoms. The summed E-state index contributed by atoms with van der Waals surface area (Å²) in [5.74, 6) is -0.552. The van der Waals surface area contributed by atoms with Crippen molar-refractivity contribution in [2.45, 2.75) is 30.4 Å². The van der Waals surface area contributed by atoms with Crippen LogP contribution in [-0.2, 0) is 19.8 Å². The number of para-hydroxylation sites is 1. The second-order valence-corrected chi connectivity index (χ2v) is 6.45. The Morgan fingerprint density at radius 2 is 2.20 bits per heavy atom. The average molecular weight is 361 g/mol. The fourth-order valence-corrected chi connectivity index (χ4v) is 4.14. The maximum Gasteiger partial charge on any atom is 0.357 e. The minimum Gasteiger partial charge on any atom is -0.461 e. The highest BCUT2D eigenvalue weighted by Gasteiger charge is 2.60. The van der Waals surface area contributed by atoms with E-state index in [-0.39, 0.29) is 12.3 Å². The summed E-state index contributed by atoms with van der Waals surface area (Å²) < 4.78 is 5.10. The molecule has 132 valence electrons. The summed E-state index contributed by atoms with van der Waals surface area (Å²) in [7, 11) is 0. The van der Waals surface area contributed by atoms with E-state index in [4.69, 9.17) is 21.2 Å². The minimum absolute atomic E-state index is 0.0943. The highest BCUT2D eigenvalue weighted by atomic mass is 35.5. The number of benzene rings is 1. The van der Waals surface area contributed by atoms with Gasteiger partial charge in [0.15, 0.2) is 5.71 Å². The topological polar surface area (TPSA) is 51.1 Å². The third kappa shape index (κ3) is 2.54. The second-order valence-electron chi connectivity index (χ2n) is 6.01. The van der Waals surface area contributed by atoms with Crippen LogP contribution in [0.2, 0.25) is 0 Å². The summed E-state index contributed by atoms with van der Waals surface area (Å²) in [6.45, 7) is 10.3. The number of hydrogen-bond acceptors (Lipinski definition) is 5. The number of carbonyl (C=O) groups excluding carboxylic acids is 1. The smallest absolute Gasteiger partial charge is 0.357 e. The van der Waals surface area contributed by atoms with Gasteiger partial charge in [-0.3, -0.25) is 0 Å². The molecule has 3 atom stereocenters. The van der Waals surface area contributed by atoms with Crippen molar-refractivity contribution in [2.75, 3.05) is 18.1 Å². The molecule has 0 radical (unpaired) electrons. The van der Waals surface area contributed by atoms with E-state index >= 15 is 0 Å². The predicted octanol–water partition coefficient (Wildman–Crippen LogP) is 3.39. The Morgan fingerprint density at radius 3 is 2.88 bits per heavy atom. The highest BCUT2D eigenvalue weighted by molar-refractivity contribution is 6.50. The molecule has 2 heterocycles. The van der Waals surface area contributed by atoms with Crippen LogP contribution in [0.25, 0.3) is 0 Å². The van der Waals surface area contributed by atoms with Crippen LogP contribution in [-0.4, -0.2) is 36.4 Å². The van der Waals surface area contributed by atoms with Crippen molar-refractivity contribution in [1.82, 2.24) is 0 Å². The lowest BCUT2D eigenvalue weighted by atomic mass is 9.72. The first-order valence-electron chi connectivity index (χ1n) is 8.24. The molecule has 0 fully saturated rings. The van der Waals surface area contributed by atoms with Crippen molar-refractivity contribution in [3.63, 3.8) is 0 Å². The maximum atomic E-state index is 12.3. The normalized spacial score (nSPS) is 26.8. The van der Waals surface area contributed by atoms with E-state index in [1.807, 2.05) is 24.3 Å². The highest BCUT2D eigenvalue weighted by Crippen LogP contribution is 2.53. The zero-order valence-electron chi connectivity index (χ0n) is 14.2. The van der Waals surface area contributed by atoms with Crippen LogP contribution >= 0.6 is 11.6 Å². The van der Waals surface area contributed by atoms with Gasteiger partial charge in [0, 0.05) is 12.2 Å². The van der Waals surface area contributed by atoms with Crippen molar-refractivity contribution in [1.29, 1.82) is 0 Å². The van der Waals surface area contributed by atoms with E-state index in [1.54, 1.807) is 19.1 Å². The van der Waals surface area contributed by atoms with Gasteiger partial charge in [0.25, 0.3) is 0 Å². The Balaban J connectivity index is 2.15. The molecule has 0 aromatic heterocycles. The van der Waals surface area contributed by atoms with Crippen LogP contribution in [0.15, 0.2) is 54.7 Å². The lowest BCUT2D eigenvalue weighted by Gasteiger charge is -2.42. The zero-order valence-corrected chi connectivity index (χ0v) is 14.9. The molecule has 0 bridgehead atoms. The third-order valence-electron chi connectivity index (χ3n) is 4.67. The second kappa shape index (κ2) is 6.92. The SMILES string of the molecule is C=CCN1c2ccccc2[C@@]2(CC=C)[C@@H](Cl)C(C(=O)OCC)=NO[C@@H]12. The molecule has 1 aromatic carbocycles. The van der Waals surface area contributed by atoms with Crippen LogP contribution in [0.4, 0.5) is 5.69 Å². The molecule has 0 saturated heterocycles. The molecule has 0 amide bonds. The number of oxime groups is 1. The largest absolute Gasteiger partial charge is 0.461 e. The standard InChI is InChI=1S/C19H21ClN2O3/c1-4-11-19-13-9-7-8-10-14(13)22(12-5-2)18(19)25-21-15(16(19)20)17(23)24-6-3/h4-5,7-10,16,18H,1-2,6,11-12H2,3H3/t16-,18+,19-/m0/s1. The van der Waals surface area contributed by atoms with Crippen molar-refractivity contribution in [3.8, 4) is 0 Å². The van der Waals surface area contributed by atoms with Crippen molar-refractivity contribution < 1.29 is 14.4 Å². The Bertz CT molecular complexity index is 733. The van der Waals surface area contributed by atoms with Gasteiger partial charge >= 0.3 is 5.97 Å². The van der Waals surface area contributed by atoms with Crippen molar-refractivity contribution in [3.05, 3.63) is 55.1 Å². The lowest BCUT2D eigenvalue weighted by molar-refractivity contribution is -0.136. The van der Waals surface area contributed by atoms with E-state index in [1.165, 1.54) is 0 Å². The number of ether oxygens (including phenoxy) is 1. The van der Waals surface area contributed by atoms with Crippen LogP contribution in [0, 0.1) is 0 Å². The molecule has 0 spiro atoms. The van der Waals surface area contributed by atoms with E-state index in [2.05, 4.69) is 23.2 Å². The first-order valence-corrected chi connectivity index (χ1v) is 8.68. The Morgan fingerprint density at radius 1 is 1.44 bits per heavy atom. The number of nitrogens with zero attached hydrogens (tertiary/aromatic N) is 2. The summed E-state index contributed by atoms with van der Waals surface area (Å²) in [6.07, 6.45) is 3.70. The third-order valence-corrected chi connectivity index (χ3v) is 5.27. The van der Waals surface area contributed by atoms with E-state index in [0.717, 1.165) is 11.3 Å². The number of alkyl halides is 1. The van der Waals surface area contributed by atoms with Gasteiger partial charge in [0.1, 0.15) is 5.38 Å². The monoisotopic (exact) mass is 360 g/mol. The molecule has 3 rings (SSSR count). The van der Waals surface area contributed by atoms with Gasteiger partial charge in [-0.15, -0.1) is 24.8 Å². The first kappa shape index (κ1) is 17.5. The Kier molecular flexibility index (Phi) is 4.86. The van der Waals surface area contributed by atoms with Crippen LogP contribution < -0.4 is 4.90 Å². The molecule has 0 N–H and O–H groups in total. The quantitative estimate of drug-likeness (QED) is 0.443. The minimum atomic E-state index is -0.695. The van der Waals surface area contributed by atoms with Gasteiger partial charge in [-0.2, -0.15) is 0 Å². The summed E-state index contributed by atoms with van der Waals surface area (Å²) in [5, 5.41) is 3.32. The van der Waals surface area contributed by atoms with E-state index < -0.39 is 23.0 Å². The van der Waals surface area contributed by atoms with Crippen LogP contribution in [0.1, 0.15) is 18.9 Å². The van der Waals surface area contributed by atoms with Gasteiger partial charge in [0.2, 0.25) is 6.23 Å². The van der Waals surface area contributed by atoms with Crippen LogP contribution in [0.5, 0.6) is 0 Å². The lowest BCUT2D eigenvalue weighted by Crippen LogP contribution is -2.57. The summed E-state index contributed by atoms with van der Waals surface area (Å²) >= 11 is 6.83. The van der Waals surface area contributed by atoms with Crippen molar-refractivity contribution in [2.24, 2.45) is 5.16 Å². The van der Waals surface area contributed by atoms with Crippen molar-refractivity contribution >= 4 is 29.0 Å². The van der Waals surface area contributed by atoms with E-state index in [0.29, 0.717) is 13.0 Å². The molecule has 0 aliphatic carbocycles. The van der Waals surface area contributed by atoms with Gasteiger partial charge in [-0.1, -0.05) is 35.5 Å². The van der Waals surface area contributed by atoms with Gasteiger partial charge in [-0.25, -0.2) is 4.79 Å². The molecule has 2 aliphatic heterocycles. The summed E-state index contributed by atoms with van der Waals surface area (Å²) in [5.41, 5.74) is 1.43. The Labute approximate surface area is 152 Å². The summed E-state index contributed by atoms with van der Waals surface area (Å²) in [4.78, 5) is 20.1. The van der Waals surface area contributed by atoms with Gasteiger partial charge < -0.3 is 14.5 Å². The number of halogens is 1. The first-order chi connectivity index (χ1) is 12.1. The number of rotatable bonds is 6. The number of esters is 1. The molecular formula is C19H21ClN2O3. The van der Waals surface area contributed by atoms with Crippen LogP contribution in [0.3, 0.4) is 0 Å². The zero-order chi connectivity index (χ0) is 18.0. The number of carbonyl (C=O) groups is 1. The number of hydrogen-bond donors (Lipinski definition) is 0. The molecule has 0 saturated carbocycles. The fourth-order valence-electron chi connectivity index (χ4n) is 3.70. The molecule has 5 nitrogen and oxygen atoms in total. The van der Waals surface area contributed by atoms with Gasteiger partial charge in [0.05, 0.1) is 12.0 Å². The molecule has 0 unspecified atom stereocenters. The number of allylic oxidation sites excluding steroid dienone is 1. The molecule has 1 aromatic rings.